The predicted octanol–water partition coefficient (Wildman–Crippen LogP) is -1.40. The third-order valence-electron chi connectivity index (χ3n) is 0.0845. The Labute approximate surface area is 65.4 Å². The van der Waals surface area contributed by atoms with E-state index in [-0.39, 0.29) is 27.3 Å². The van der Waals surface area contributed by atoms with Gasteiger partial charge in [0.15, 0.2) is 0 Å². The van der Waals surface area contributed by atoms with E-state index >= 15 is 0 Å². The van der Waals surface area contributed by atoms with Crippen molar-refractivity contribution in [1.29, 1.82) is 0 Å². The van der Waals surface area contributed by atoms with Crippen LogP contribution in [0.3, 0.4) is 0 Å². The Morgan fingerprint density at radius 1 is 1.57 bits per heavy atom. The molecule has 0 saturated heterocycles. The molecule has 0 aromatic carbocycles. The van der Waals surface area contributed by atoms with Crippen LogP contribution in [0.25, 0.3) is 0 Å². The Kier molecular flexibility index (Phi) is 6.74. The van der Waals surface area contributed by atoms with E-state index in [0.717, 1.165) is 0 Å². The first-order chi connectivity index (χ1) is 2.56. The van der Waals surface area contributed by atoms with Crippen LogP contribution in [0.5, 0.6) is 0 Å². The zero-order valence-corrected chi connectivity index (χ0v) is 8.50. The van der Waals surface area contributed by atoms with Gasteiger partial charge in [-0.3, -0.25) is 0 Å². The quantitative estimate of drug-likeness (QED) is 0.436. The minimum atomic E-state index is -4.88. The average molecular weight is 338 g/mol. The van der Waals surface area contributed by atoms with E-state index in [2.05, 4.69) is 15.9 Å². The Morgan fingerprint density at radius 3 is 1.71 bits per heavy atom. The van der Waals surface area contributed by atoms with Crippen molar-refractivity contribution in [2.45, 2.75) is 0 Å². The summed E-state index contributed by atoms with van der Waals surface area (Å²) in [5, 5.41) is 0. The van der Waals surface area contributed by atoms with Gasteiger partial charge >= 0.3 is 27.3 Å². The van der Waals surface area contributed by atoms with Crippen molar-refractivity contribution in [3.63, 3.8) is 0 Å². The SMILES string of the molecule is O=P([O-])([O-])OCl.[Pb+2]. The molecule has 0 aliphatic carbocycles. The molecule has 7 heteroatoms. The van der Waals surface area contributed by atoms with Crippen LogP contribution in [-0.4, -0.2) is 27.3 Å². The summed E-state index contributed by atoms with van der Waals surface area (Å²) in [6.45, 7) is 0. The van der Waals surface area contributed by atoms with Crippen LogP contribution in [0.15, 0.2) is 0 Å². The molecule has 0 rings (SSSR count). The summed E-state index contributed by atoms with van der Waals surface area (Å²) < 4.78 is 12.0. The summed E-state index contributed by atoms with van der Waals surface area (Å²) in [5.74, 6) is 0. The number of phosphoric acid groups is 1. The fraction of sp³-hybridized carbons (Fsp3) is 0. The van der Waals surface area contributed by atoms with Crippen LogP contribution in [0.4, 0.5) is 0 Å². The average Bonchev–Trinajstić information content (AvgIpc) is 1.35. The van der Waals surface area contributed by atoms with Crippen molar-refractivity contribution in [2.75, 3.05) is 0 Å². The maximum absolute atomic E-state index is 9.12. The van der Waals surface area contributed by atoms with Crippen LogP contribution >= 0.6 is 19.7 Å². The van der Waals surface area contributed by atoms with E-state index in [1.54, 1.807) is 0 Å². The monoisotopic (exact) mass is 338 g/mol. The second kappa shape index (κ2) is 4.23. The zero-order valence-electron chi connectivity index (χ0n) is 2.96. The second-order valence-corrected chi connectivity index (χ2v) is 1.96. The van der Waals surface area contributed by atoms with E-state index in [1.807, 2.05) is 0 Å². The molecule has 0 aromatic rings. The molecule has 0 heterocycles. The number of hydrogen-bond donors (Lipinski definition) is 0. The van der Waals surface area contributed by atoms with E-state index in [0.29, 0.717) is 0 Å². The molecule has 0 spiro atoms. The maximum Gasteiger partial charge on any atom is 2.00 e. The molecule has 0 saturated carbocycles. The first-order valence-corrected chi connectivity index (χ1v) is 2.65. The van der Waals surface area contributed by atoms with E-state index in [1.165, 1.54) is 0 Å². The van der Waals surface area contributed by atoms with E-state index in [9.17, 15) is 0 Å². The second-order valence-electron chi connectivity index (χ2n) is 0.516. The van der Waals surface area contributed by atoms with Gasteiger partial charge in [0.05, 0.1) is 19.7 Å². The van der Waals surface area contributed by atoms with Crippen LogP contribution in [-0.2, 0) is 8.64 Å². The number of hydrogen-bond acceptors (Lipinski definition) is 4. The number of rotatable bonds is 1. The zero-order chi connectivity index (χ0) is 5.21. The molecular weight excluding hydrogens is 338 g/mol. The minimum Gasteiger partial charge on any atom is -0.789 e. The Morgan fingerprint density at radius 2 is 1.71 bits per heavy atom. The summed E-state index contributed by atoms with van der Waals surface area (Å²) in [6.07, 6.45) is 0. The van der Waals surface area contributed by atoms with Crippen molar-refractivity contribution in [1.82, 2.24) is 0 Å². The van der Waals surface area contributed by atoms with Crippen LogP contribution in [0, 0.1) is 0 Å². The van der Waals surface area contributed by atoms with Crippen molar-refractivity contribution >= 4 is 47.0 Å². The molecule has 0 bridgehead atoms. The van der Waals surface area contributed by atoms with Gasteiger partial charge < -0.3 is 14.4 Å². The first-order valence-electron chi connectivity index (χ1n) is 0.885. The number of halogens is 1. The van der Waals surface area contributed by atoms with Crippen molar-refractivity contribution in [3.8, 4) is 0 Å². The van der Waals surface area contributed by atoms with Gasteiger partial charge in [0, 0.05) is 0 Å². The van der Waals surface area contributed by atoms with Crippen molar-refractivity contribution < 1.29 is 18.4 Å². The molecule has 40 valence electrons. The molecule has 0 amide bonds. The smallest absolute Gasteiger partial charge is 0.789 e. The standard InChI is InChI=1S/ClH2O4P.Pb/c1-5-6(2,3)4;/h(H2,2,3,4);/q;+2/p-2. The summed E-state index contributed by atoms with van der Waals surface area (Å²) >= 11 is 4.09. The molecule has 0 aromatic heterocycles. The fourth-order valence-corrected chi connectivity index (χ4v) is 0. The summed E-state index contributed by atoms with van der Waals surface area (Å²) in [6, 6.07) is 0. The molecule has 0 atom stereocenters. The molecule has 4 nitrogen and oxygen atoms in total. The third-order valence-corrected chi connectivity index (χ3v) is 0.761. The van der Waals surface area contributed by atoms with Crippen molar-refractivity contribution in [3.05, 3.63) is 0 Å². The summed E-state index contributed by atoms with van der Waals surface area (Å²) in [4.78, 5) is 18.2. The topological polar surface area (TPSA) is 72.4 Å². The van der Waals surface area contributed by atoms with Gasteiger partial charge in [0.2, 0.25) is 0 Å². The minimum absolute atomic E-state index is 0. The van der Waals surface area contributed by atoms with Gasteiger partial charge in [-0.2, -0.15) is 0 Å². The summed E-state index contributed by atoms with van der Waals surface area (Å²) in [5.41, 5.74) is 0. The molecule has 7 heavy (non-hydrogen) atoms. The van der Waals surface area contributed by atoms with E-state index < -0.39 is 7.82 Å². The molecule has 0 unspecified atom stereocenters. The van der Waals surface area contributed by atoms with Crippen molar-refractivity contribution in [2.24, 2.45) is 0 Å². The normalized spacial score (nSPS) is 10.1. The van der Waals surface area contributed by atoms with Gasteiger partial charge in [0.25, 0.3) is 0 Å². The first kappa shape index (κ1) is 11.2. The Bertz CT molecular complexity index is 75.8. The van der Waals surface area contributed by atoms with Gasteiger partial charge in [-0.25, -0.2) is 4.08 Å². The predicted molar refractivity (Wildman–Crippen MR) is 20.3 cm³/mol. The molecular formula is ClO4PPb. The molecule has 2 radical (unpaired) electrons. The third kappa shape index (κ3) is 11.1. The molecule has 0 aliphatic rings. The molecule has 0 N–H and O–H groups in total. The Balaban J connectivity index is 0. The largest absolute Gasteiger partial charge is 2.00 e. The van der Waals surface area contributed by atoms with Crippen LogP contribution < -0.4 is 9.79 Å². The Hall–Kier alpha value is 1.32. The van der Waals surface area contributed by atoms with Crippen LogP contribution in [0.1, 0.15) is 0 Å². The maximum atomic E-state index is 9.12. The van der Waals surface area contributed by atoms with E-state index in [4.69, 9.17) is 14.4 Å². The van der Waals surface area contributed by atoms with Gasteiger partial charge in [0.1, 0.15) is 0 Å². The van der Waals surface area contributed by atoms with Crippen LogP contribution in [0.2, 0.25) is 0 Å². The summed E-state index contributed by atoms with van der Waals surface area (Å²) in [7, 11) is -4.88. The van der Waals surface area contributed by atoms with Gasteiger partial charge in [-0.1, -0.05) is 0 Å². The molecule has 0 fully saturated rings. The fourth-order valence-electron chi connectivity index (χ4n) is 0. The molecule has 0 aliphatic heterocycles. The van der Waals surface area contributed by atoms with Gasteiger partial charge in [-0.05, 0) is 0 Å². The van der Waals surface area contributed by atoms with Gasteiger partial charge in [-0.15, -0.1) is 0 Å².